The third-order valence-electron chi connectivity index (χ3n) is 4.32. The first-order chi connectivity index (χ1) is 16.1. The minimum absolute atomic E-state index is 0.408. The van der Waals surface area contributed by atoms with Crippen LogP contribution in [0.4, 0.5) is 0 Å². The molecule has 0 bridgehead atoms. The molecule has 17 nitrogen and oxygen atoms in total. The lowest BCUT2D eigenvalue weighted by molar-refractivity contribution is -0.144. The smallest absolute Gasteiger partial charge is 0.326 e. The highest BCUT2D eigenvalue weighted by atomic mass is 16.4. The SMILES string of the molecule is NC(=O)CCC(NC(=O)C(CCC(=O)O)NC(=O)C(CC(=O)O)NC(=O)C(N)CC(=O)O)C(=O)O. The fourth-order valence-corrected chi connectivity index (χ4v) is 2.57. The lowest BCUT2D eigenvalue weighted by atomic mass is 10.1. The molecular weight excluding hydrogens is 478 g/mol. The zero-order valence-corrected chi connectivity index (χ0v) is 18.3. The molecule has 0 heterocycles. The van der Waals surface area contributed by atoms with Gasteiger partial charge in [0.15, 0.2) is 0 Å². The Hall–Kier alpha value is -4.28. The second-order valence-corrected chi connectivity index (χ2v) is 7.26. The second-order valence-electron chi connectivity index (χ2n) is 7.26. The molecule has 0 aromatic heterocycles. The Labute approximate surface area is 197 Å². The number of nitrogens with one attached hydrogen (secondary N) is 3. The van der Waals surface area contributed by atoms with E-state index in [4.69, 9.17) is 26.8 Å². The van der Waals surface area contributed by atoms with Crippen LogP contribution in [0.15, 0.2) is 0 Å². The van der Waals surface area contributed by atoms with Gasteiger partial charge in [-0.25, -0.2) is 4.79 Å². The minimum atomic E-state index is -1.84. The summed E-state index contributed by atoms with van der Waals surface area (Å²) in [6.45, 7) is 0. The fraction of sp³-hybridized carbons (Fsp3) is 0.556. The lowest BCUT2D eigenvalue weighted by Crippen LogP contribution is -2.57. The van der Waals surface area contributed by atoms with Crippen molar-refractivity contribution in [2.45, 2.75) is 62.7 Å². The Morgan fingerprint density at radius 2 is 1.06 bits per heavy atom. The van der Waals surface area contributed by atoms with Crippen molar-refractivity contribution in [3.63, 3.8) is 0 Å². The van der Waals surface area contributed by atoms with E-state index in [-0.39, 0.29) is 0 Å². The third-order valence-corrected chi connectivity index (χ3v) is 4.32. The summed E-state index contributed by atoms with van der Waals surface area (Å²) in [4.78, 5) is 92.1. The summed E-state index contributed by atoms with van der Waals surface area (Å²) in [5, 5.41) is 41.8. The summed E-state index contributed by atoms with van der Waals surface area (Å²) in [5.41, 5.74) is 10.3. The highest BCUT2D eigenvalue weighted by molar-refractivity contribution is 5.96. The van der Waals surface area contributed by atoms with Crippen molar-refractivity contribution in [3.8, 4) is 0 Å². The van der Waals surface area contributed by atoms with E-state index in [1.807, 2.05) is 16.0 Å². The van der Waals surface area contributed by atoms with Gasteiger partial charge in [0.2, 0.25) is 23.6 Å². The Bertz CT molecular complexity index is 861. The highest BCUT2D eigenvalue weighted by Crippen LogP contribution is 2.05. The predicted octanol–water partition coefficient (Wildman–Crippen LogP) is -4.07. The maximum Gasteiger partial charge on any atom is 0.326 e. The van der Waals surface area contributed by atoms with Gasteiger partial charge in [-0.15, -0.1) is 0 Å². The number of carbonyl (C=O) groups is 8. The van der Waals surface area contributed by atoms with Gasteiger partial charge in [-0.05, 0) is 12.8 Å². The van der Waals surface area contributed by atoms with E-state index in [1.54, 1.807) is 0 Å². The zero-order chi connectivity index (χ0) is 27.3. The van der Waals surface area contributed by atoms with Gasteiger partial charge in [-0.3, -0.25) is 33.6 Å². The fourth-order valence-electron chi connectivity index (χ4n) is 2.57. The van der Waals surface area contributed by atoms with Crippen LogP contribution in [0.2, 0.25) is 0 Å². The maximum absolute atomic E-state index is 12.6. The first-order valence-electron chi connectivity index (χ1n) is 9.97. The van der Waals surface area contributed by atoms with Crippen LogP contribution in [0, 0.1) is 0 Å². The van der Waals surface area contributed by atoms with E-state index in [0.717, 1.165) is 0 Å². The summed E-state index contributed by atoms with van der Waals surface area (Å²) >= 11 is 0. The number of carbonyl (C=O) groups excluding carboxylic acids is 4. The van der Waals surface area contributed by atoms with Crippen molar-refractivity contribution >= 4 is 47.5 Å². The van der Waals surface area contributed by atoms with Crippen molar-refractivity contribution in [3.05, 3.63) is 0 Å². The van der Waals surface area contributed by atoms with Gasteiger partial charge < -0.3 is 47.8 Å². The molecular formula is C18H27N5O12. The summed E-state index contributed by atoms with van der Waals surface area (Å²) in [6.07, 6.45) is -3.89. The number of rotatable bonds is 17. The molecule has 0 aliphatic rings. The molecule has 0 radical (unpaired) electrons. The molecule has 0 aromatic carbocycles. The van der Waals surface area contributed by atoms with E-state index in [0.29, 0.717) is 0 Å². The number of carboxylic acid groups (broad SMARTS) is 4. The van der Waals surface area contributed by atoms with Crippen LogP contribution >= 0.6 is 0 Å². The lowest BCUT2D eigenvalue weighted by Gasteiger charge is -2.24. The van der Waals surface area contributed by atoms with E-state index >= 15 is 0 Å². The second kappa shape index (κ2) is 14.8. The summed E-state index contributed by atoms with van der Waals surface area (Å²) in [7, 11) is 0. The molecule has 0 fully saturated rings. The number of carboxylic acids is 4. The number of hydrogen-bond donors (Lipinski definition) is 9. The Balaban J connectivity index is 5.62. The minimum Gasteiger partial charge on any atom is -0.481 e. The molecule has 0 aromatic rings. The molecule has 4 unspecified atom stereocenters. The van der Waals surface area contributed by atoms with E-state index in [1.165, 1.54) is 0 Å². The number of amides is 4. The van der Waals surface area contributed by atoms with Crippen molar-refractivity contribution in [2.24, 2.45) is 11.5 Å². The van der Waals surface area contributed by atoms with Gasteiger partial charge in [-0.1, -0.05) is 0 Å². The van der Waals surface area contributed by atoms with Crippen molar-refractivity contribution < 1.29 is 58.8 Å². The Kier molecular flexibility index (Phi) is 13.0. The molecule has 4 atom stereocenters. The standard InChI is InChI=1S/C18H27N5O12/c19-7(5-13(27)28)15(31)23-10(6-14(29)30)17(33)21-8(2-4-12(25)26)16(32)22-9(18(34)35)1-3-11(20)24/h7-10H,1-6,19H2,(H2,20,24)(H,21,33)(H,22,32)(H,23,31)(H,25,26)(H,27,28)(H,29,30)(H,34,35). The van der Waals surface area contributed by atoms with Crippen LogP contribution in [0.25, 0.3) is 0 Å². The average Bonchev–Trinajstić information content (AvgIpc) is 2.71. The van der Waals surface area contributed by atoms with E-state index in [2.05, 4.69) is 0 Å². The molecule has 0 spiro atoms. The molecule has 0 saturated carbocycles. The largest absolute Gasteiger partial charge is 0.481 e. The molecule has 196 valence electrons. The summed E-state index contributed by atoms with van der Waals surface area (Å²) < 4.78 is 0. The molecule has 0 saturated heterocycles. The number of hydrogen-bond acceptors (Lipinski definition) is 9. The van der Waals surface area contributed by atoms with Crippen LogP contribution < -0.4 is 27.4 Å². The van der Waals surface area contributed by atoms with Crippen LogP contribution in [0.5, 0.6) is 0 Å². The molecule has 17 heteroatoms. The Morgan fingerprint density at radius 3 is 1.51 bits per heavy atom. The van der Waals surface area contributed by atoms with Gasteiger partial charge in [0, 0.05) is 12.8 Å². The van der Waals surface area contributed by atoms with Gasteiger partial charge in [0.1, 0.15) is 18.1 Å². The monoisotopic (exact) mass is 505 g/mol. The first kappa shape index (κ1) is 30.7. The number of aliphatic carboxylic acids is 4. The maximum atomic E-state index is 12.6. The molecule has 11 N–H and O–H groups in total. The van der Waals surface area contributed by atoms with Crippen LogP contribution in [-0.2, 0) is 38.4 Å². The zero-order valence-electron chi connectivity index (χ0n) is 18.3. The van der Waals surface area contributed by atoms with Gasteiger partial charge in [-0.2, -0.15) is 0 Å². The number of nitrogens with two attached hydrogens (primary N) is 2. The molecule has 0 rings (SSSR count). The molecule has 4 amide bonds. The van der Waals surface area contributed by atoms with Crippen LogP contribution in [0.3, 0.4) is 0 Å². The molecule has 0 aliphatic carbocycles. The average molecular weight is 505 g/mol. The molecule has 35 heavy (non-hydrogen) atoms. The quantitative estimate of drug-likeness (QED) is 0.0909. The predicted molar refractivity (Wildman–Crippen MR) is 111 cm³/mol. The Morgan fingerprint density at radius 1 is 0.600 bits per heavy atom. The van der Waals surface area contributed by atoms with Crippen molar-refractivity contribution in [2.75, 3.05) is 0 Å². The third kappa shape index (κ3) is 13.1. The van der Waals surface area contributed by atoms with Crippen molar-refractivity contribution in [1.29, 1.82) is 0 Å². The van der Waals surface area contributed by atoms with E-state index < -0.39 is 110 Å². The van der Waals surface area contributed by atoms with Crippen molar-refractivity contribution in [1.82, 2.24) is 16.0 Å². The van der Waals surface area contributed by atoms with Crippen LogP contribution in [-0.4, -0.2) is 92.1 Å². The normalized spacial score (nSPS) is 13.9. The molecule has 0 aliphatic heterocycles. The number of primary amides is 1. The topological polar surface area (TPSA) is 306 Å². The first-order valence-corrected chi connectivity index (χ1v) is 9.97. The van der Waals surface area contributed by atoms with Gasteiger partial charge in [0.25, 0.3) is 0 Å². The summed E-state index contributed by atoms with van der Waals surface area (Å²) in [6, 6.07) is -6.79. The van der Waals surface area contributed by atoms with E-state index in [9.17, 15) is 43.5 Å². The van der Waals surface area contributed by atoms with Gasteiger partial charge in [0.05, 0.1) is 18.9 Å². The highest BCUT2D eigenvalue weighted by Gasteiger charge is 2.32. The van der Waals surface area contributed by atoms with Gasteiger partial charge >= 0.3 is 23.9 Å². The summed E-state index contributed by atoms with van der Waals surface area (Å²) in [5.74, 6) is -10.4. The van der Waals surface area contributed by atoms with Crippen LogP contribution in [0.1, 0.15) is 38.5 Å².